The number of para-hydroxylation sites is 1. The van der Waals surface area contributed by atoms with Gasteiger partial charge in [-0.15, -0.1) is 11.8 Å². The summed E-state index contributed by atoms with van der Waals surface area (Å²) in [4.78, 5) is 19.3. The Bertz CT molecular complexity index is 949. The highest BCUT2D eigenvalue weighted by atomic mass is 32.2. The minimum Gasteiger partial charge on any atom is -0.487 e. The van der Waals surface area contributed by atoms with E-state index in [1.54, 1.807) is 11.8 Å². The van der Waals surface area contributed by atoms with E-state index in [2.05, 4.69) is 24.1 Å². The Morgan fingerprint density at radius 1 is 1.19 bits per heavy atom. The van der Waals surface area contributed by atoms with Crippen LogP contribution in [0.3, 0.4) is 0 Å². The smallest absolute Gasteiger partial charge is 0.257 e. The van der Waals surface area contributed by atoms with Crippen LogP contribution in [0.1, 0.15) is 29.1 Å². The third kappa shape index (κ3) is 3.48. The molecule has 1 aliphatic rings. The average Bonchev–Trinajstić information content (AvgIpc) is 3.04. The Balaban J connectivity index is 1.52. The van der Waals surface area contributed by atoms with Gasteiger partial charge in [0.25, 0.3) is 5.91 Å². The molecule has 2 aromatic carbocycles. The number of thiazole rings is 1. The molecule has 132 valence electrons. The molecule has 6 heteroatoms. The number of nitrogens with zero attached hydrogens (tertiary/aromatic N) is 1. The summed E-state index contributed by atoms with van der Waals surface area (Å²) in [6, 6.07) is 15.5. The zero-order valence-corrected chi connectivity index (χ0v) is 16.1. The number of nitrogens with one attached hydrogen (secondary N) is 1. The number of carbonyl (C=O) groups is 1. The molecule has 0 saturated heterocycles. The Morgan fingerprint density at radius 2 is 1.96 bits per heavy atom. The number of amides is 1. The van der Waals surface area contributed by atoms with Gasteiger partial charge in [-0.3, -0.25) is 10.1 Å². The summed E-state index contributed by atoms with van der Waals surface area (Å²) in [7, 11) is 0. The van der Waals surface area contributed by atoms with E-state index in [1.807, 2.05) is 48.5 Å². The Hall–Kier alpha value is -2.31. The molecule has 1 aromatic heterocycles. The molecule has 0 saturated carbocycles. The van der Waals surface area contributed by atoms with Crippen LogP contribution in [0, 0.1) is 0 Å². The van der Waals surface area contributed by atoms with Crippen molar-refractivity contribution in [1.82, 2.24) is 4.98 Å². The van der Waals surface area contributed by atoms with Gasteiger partial charge in [0.1, 0.15) is 12.4 Å². The molecule has 3 aromatic rings. The summed E-state index contributed by atoms with van der Waals surface area (Å²) in [6.45, 7) is 4.79. The van der Waals surface area contributed by atoms with Crippen molar-refractivity contribution in [2.45, 2.75) is 30.6 Å². The number of thioether (sulfide) groups is 1. The summed E-state index contributed by atoms with van der Waals surface area (Å²) < 4.78 is 5.75. The molecule has 1 aliphatic heterocycles. The van der Waals surface area contributed by atoms with Gasteiger partial charge in [-0.1, -0.05) is 37.3 Å². The van der Waals surface area contributed by atoms with Crippen LogP contribution < -0.4 is 10.1 Å². The van der Waals surface area contributed by atoms with Crippen LogP contribution in [-0.4, -0.2) is 16.1 Å². The molecule has 2 heterocycles. The number of hydrogen-bond donors (Lipinski definition) is 1. The fourth-order valence-corrected chi connectivity index (χ4v) is 4.49. The lowest BCUT2D eigenvalue weighted by Gasteiger charge is -2.15. The lowest BCUT2D eigenvalue weighted by Crippen LogP contribution is -2.11. The van der Waals surface area contributed by atoms with Crippen LogP contribution in [0.2, 0.25) is 0 Å². The lowest BCUT2D eigenvalue weighted by atomic mass is 10.1. The summed E-state index contributed by atoms with van der Waals surface area (Å²) in [5.41, 5.74) is 2.50. The first-order chi connectivity index (χ1) is 12.6. The average molecular weight is 383 g/mol. The van der Waals surface area contributed by atoms with E-state index >= 15 is 0 Å². The summed E-state index contributed by atoms with van der Waals surface area (Å²) in [5.74, 6) is 0.688. The van der Waals surface area contributed by atoms with Gasteiger partial charge in [0.15, 0.2) is 5.13 Å². The first kappa shape index (κ1) is 17.1. The molecule has 4 nitrogen and oxygen atoms in total. The van der Waals surface area contributed by atoms with Crippen molar-refractivity contribution >= 4 is 34.1 Å². The zero-order valence-electron chi connectivity index (χ0n) is 14.5. The van der Waals surface area contributed by atoms with Crippen LogP contribution in [0.15, 0.2) is 53.4 Å². The number of anilines is 1. The fourth-order valence-electron chi connectivity index (χ4n) is 2.77. The van der Waals surface area contributed by atoms with Gasteiger partial charge >= 0.3 is 0 Å². The SMILES string of the molecule is CC(C)Sc1ccc(C(=O)Nc2nc3c(s2)COc2ccccc2-3)cc1. The second kappa shape index (κ2) is 7.13. The quantitative estimate of drug-likeness (QED) is 0.609. The zero-order chi connectivity index (χ0) is 18.1. The predicted molar refractivity (Wildman–Crippen MR) is 107 cm³/mol. The molecular formula is C20H18N2O2S2. The van der Waals surface area contributed by atoms with E-state index in [4.69, 9.17) is 4.74 Å². The molecule has 0 unspecified atom stereocenters. The molecular weight excluding hydrogens is 364 g/mol. The third-order valence-electron chi connectivity index (χ3n) is 3.91. The van der Waals surface area contributed by atoms with E-state index < -0.39 is 0 Å². The van der Waals surface area contributed by atoms with E-state index in [-0.39, 0.29) is 5.91 Å². The third-order valence-corrected chi connectivity index (χ3v) is 5.87. The van der Waals surface area contributed by atoms with E-state index in [0.717, 1.165) is 26.8 Å². The molecule has 1 amide bonds. The van der Waals surface area contributed by atoms with Crippen LogP contribution >= 0.6 is 23.1 Å². The summed E-state index contributed by atoms with van der Waals surface area (Å²) >= 11 is 3.24. The van der Waals surface area contributed by atoms with Gasteiger partial charge in [0.05, 0.1) is 10.6 Å². The van der Waals surface area contributed by atoms with E-state index in [0.29, 0.717) is 22.6 Å². The van der Waals surface area contributed by atoms with Crippen molar-refractivity contribution in [3.05, 3.63) is 59.0 Å². The molecule has 0 aliphatic carbocycles. The van der Waals surface area contributed by atoms with Crippen LogP contribution in [0.25, 0.3) is 11.3 Å². The Kier molecular flexibility index (Phi) is 4.70. The Morgan fingerprint density at radius 3 is 2.73 bits per heavy atom. The van der Waals surface area contributed by atoms with Crippen molar-refractivity contribution in [2.75, 3.05) is 5.32 Å². The van der Waals surface area contributed by atoms with Gasteiger partial charge in [0, 0.05) is 21.3 Å². The maximum Gasteiger partial charge on any atom is 0.257 e. The molecule has 1 N–H and O–H groups in total. The first-order valence-corrected chi connectivity index (χ1v) is 10.1. The van der Waals surface area contributed by atoms with Gasteiger partial charge < -0.3 is 4.74 Å². The lowest BCUT2D eigenvalue weighted by molar-refractivity contribution is 0.102. The number of fused-ring (bicyclic) bond motifs is 3. The van der Waals surface area contributed by atoms with Gasteiger partial charge in [0.2, 0.25) is 0 Å². The van der Waals surface area contributed by atoms with Gasteiger partial charge in [-0.2, -0.15) is 0 Å². The van der Waals surface area contributed by atoms with Gasteiger partial charge in [-0.05, 0) is 36.4 Å². The minimum absolute atomic E-state index is 0.147. The first-order valence-electron chi connectivity index (χ1n) is 8.40. The topological polar surface area (TPSA) is 51.2 Å². The summed E-state index contributed by atoms with van der Waals surface area (Å²) in [5, 5.41) is 4.03. The monoisotopic (exact) mass is 382 g/mol. The van der Waals surface area contributed by atoms with Crippen molar-refractivity contribution in [1.29, 1.82) is 0 Å². The summed E-state index contributed by atoms with van der Waals surface area (Å²) in [6.07, 6.45) is 0. The molecule has 26 heavy (non-hydrogen) atoms. The van der Waals surface area contributed by atoms with Crippen molar-refractivity contribution in [3.63, 3.8) is 0 Å². The Labute approximate surface area is 160 Å². The number of hydrogen-bond acceptors (Lipinski definition) is 5. The maximum atomic E-state index is 12.5. The molecule has 0 radical (unpaired) electrons. The fraction of sp³-hybridized carbons (Fsp3) is 0.200. The number of benzene rings is 2. The van der Waals surface area contributed by atoms with Crippen LogP contribution in [0.5, 0.6) is 5.75 Å². The molecule has 0 bridgehead atoms. The highest BCUT2D eigenvalue weighted by Gasteiger charge is 2.22. The molecule has 4 rings (SSSR count). The number of rotatable bonds is 4. The molecule has 0 atom stereocenters. The molecule has 0 fully saturated rings. The molecule has 0 spiro atoms. The van der Waals surface area contributed by atoms with Crippen molar-refractivity contribution in [3.8, 4) is 17.0 Å². The highest BCUT2D eigenvalue weighted by molar-refractivity contribution is 7.99. The van der Waals surface area contributed by atoms with Crippen molar-refractivity contribution in [2.24, 2.45) is 0 Å². The largest absolute Gasteiger partial charge is 0.487 e. The van der Waals surface area contributed by atoms with E-state index in [1.165, 1.54) is 11.3 Å². The van der Waals surface area contributed by atoms with Gasteiger partial charge in [-0.25, -0.2) is 4.98 Å². The van der Waals surface area contributed by atoms with Crippen LogP contribution in [-0.2, 0) is 6.61 Å². The standard InChI is InChI=1S/C20H18N2O2S2/c1-12(2)25-14-9-7-13(8-10-14)19(23)22-20-21-18-15-5-3-4-6-16(15)24-11-17(18)26-20/h3-10,12H,11H2,1-2H3,(H,21,22,23). The maximum absolute atomic E-state index is 12.5. The van der Waals surface area contributed by atoms with E-state index in [9.17, 15) is 4.79 Å². The van der Waals surface area contributed by atoms with Crippen LogP contribution in [0.4, 0.5) is 5.13 Å². The second-order valence-electron chi connectivity index (χ2n) is 6.22. The number of carbonyl (C=O) groups excluding carboxylic acids is 1. The highest BCUT2D eigenvalue weighted by Crippen LogP contribution is 2.40. The predicted octanol–water partition coefficient (Wildman–Crippen LogP) is 5.46. The number of ether oxygens (including phenoxy) is 1. The normalized spacial score (nSPS) is 12.3. The second-order valence-corrected chi connectivity index (χ2v) is 8.95. The minimum atomic E-state index is -0.147. The van der Waals surface area contributed by atoms with Crippen molar-refractivity contribution < 1.29 is 9.53 Å². The number of aromatic nitrogens is 1.